The van der Waals surface area contributed by atoms with Gasteiger partial charge in [0, 0.05) is 0 Å². The Morgan fingerprint density at radius 2 is 1.35 bits per heavy atom. The number of allylic oxidation sites excluding steroid dienone is 4. The Hall–Kier alpha value is -0.980. The second kappa shape index (κ2) is 7.81. The molecule has 0 aromatic heterocycles. The van der Waals surface area contributed by atoms with Crippen molar-refractivity contribution in [1.82, 2.24) is 0 Å². The van der Waals surface area contributed by atoms with Crippen LogP contribution in [0, 0.1) is 0 Å². The van der Waals surface area contributed by atoms with Crippen molar-refractivity contribution in [3.63, 3.8) is 0 Å². The van der Waals surface area contributed by atoms with Gasteiger partial charge < -0.3 is 0 Å². The van der Waals surface area contributed by atoms with E-state index in [1.165, 1.54) is 24.0 Å². The Morgan fingerprint density at radius 1 is 0.806 bits per heavy atom. The Bertz CT molecular complexity index is 1080. The molecular formula is C29H36SiZr. The van der Waals surface area contributed by atoms with Gasteiger partial charge in [-0.15, -0.1) is 0 Å². The molecular weight excluding hydrogens is 468 g/mol. The van der Waals surface area contributed by atoms with Crippen molar-refractivity contribution in [1.29, 1.82) is 0 Å². The average molecular weight is 504 g/mol. The standard InChI is InChI=1S/C21H25.C5H5.C3H6Si.Zr/c1-20(2,3)16-7-9-18-14(12-16)11-15-13-17(21(4,5)6)8-10-19(15)18;1-2-4-5-3-1;1-2-4-3-1;/h7-13H,1-6H3;1-3H,4H2;1-3H2;. The van der Waals surface area contributed by atoms with Crippen LogP contribution in [0.3, 0.4) is 0 Å². The number of fused-ring (bicyclic) bond motifs is 3. The van der Waals surface area contributed by atoms with Gasteiger partial charge >= 0.3 is 198 Å². The zero-order valence-electron chi connectivity index (χ0n) is 20.1. The predicted molar refractivity (Wildman–Crippen MR) is 133 cm³/mol. The van der Waals surface area contributed by atoms with Crippen molar-refractivity contribution in [2.45, 2.75) is 80.9 Å². The van der Waals surface area contributed by atoms with Gasteiger partial charge in [-0.3, -0.25) is 0 Å². The van der Waals surface area contributed by atoms with Gasteiger partial charge in [0.25, 0.3) is 0 Å². The van der Waals surface area contributed by atoms with Crippen molar-refractivity contribution >= 4 is 5.43 Å². The minimum atomic E-state index is -1.82. The van der Waals surface area contributed by atoms with Crippen molar-refractivity contribution in [3.8, 4) is 11.1 Å². The van der Waals surface area contributed by atoms with E-state index >= 15 is 0 Å². The van der Waals surface area contributed by atoms with Crippen LogP contribution in [0.2, 0.25) is 12.1 Å². The maximum absolute atomic E-state index is 2.63. The quantitative estimate of drug-likeness (QED) is 0.362. The molecule has 2 aromatic carbocycles. The fourth-order valence-corrected chi connectivity index (χ4v) is 28.5. The first-order valence-corrected chi connectivity index (χ1v) is 20.3. The number of hydrogen-bond donors (Lipinski definition) is 0. The molecule has 0 atom stereocenters. The molecule has 1 fully saturated rings. The molecule has 0 spiro atoms. The number of hydrogen-bond acceptors (Lipinski definition) is 0. The average Bonchev–Trinajstić information content (AvgIpc) is 3.29. The summed E-state index contributed by atoms with van der Waals surface area (Å²) >= 11 is -1.82. The molecule has 1 heterocycles. The maximum atomic E-state index is 2.63. The molecule has 1 saturated heterocycles. The van der Waals surface area contributed by atoms with Gasteiger partial charge in [0.05, 0.1) is 0 Å². The molecule has 5 rings (SSSR count). The second-order valence-electron chi connectivity index (χ2n) is 11.7. The van der Waals surface area contributed by atoms with Gasteiger partial charge in [0.15, 0.2) is 0 Å². The third-order valence-electron chi connectivity index (χ3n) is 7.49. The van der Waals surface area contributed by atoms with E-state index in [9.17, 15) is 0 Å². The van der Waals surface area contributed by atoms with Crippen LogP contribution in [0.5, 0.6) is 0 Å². The Kier molecular flexibility index (Phi) is 5.50. The van der Waals surface area contributed by atoms with Crippen LogP contribution < -0.4 is 0 Å². The van der Waals surface area contributed by atoms with E-state index in [4.69, 9.17) is 0 Å². The Balaban J connectivity index is 1.77. The van der Waals surface area contributed by atoms with Crippen LogP contribution in [0.15, 0.2) is 57.9 Å². The molecule has 0 N–H and O–H groups in total. The van der Waals surface area contributed by atoms with E-state index in [0.717, 1.165) is 3.63 Å². The molecule has 1 aliphatic heterocycles. The van der Waals surface area contributed by atoms with Crippen LogP contribution >= 0.6 is 0 Å². The molecule has 31 heavy (non-hydrogen) atoms. The van der Waals surface area contributed by atoms with Gasteiger partial charge in [-0.2, -0.15) is 0 Å². The van der Waals surface area contributed by atoms with Gasteiger partial charge in [-0.1, -0.05) is 0 Å². The Labute approximate surface area is 197 Å². The summed E-state index contributed by atoms with van der Waals surface area (Å²) in [5.74, 6) is 0. The summed E-state index contributed by atoms with van der Waals surface area (Å²) in [6, 6.07) is 18.1. The monoisotopic (exact) mass is 502 g/mol. The zero-order chi connectivity index (χ0) is 22.0. The summed E-state index contributed by atoms with van der Waals surface area (Å²) in [7, 11) is 0. The summed E-state index contributed by atoms with van der Waals surface area (Å²) in [6.45, 7) is 14.2. The van der Waals surface area contributed by atoms with E-state index in [1.807, 2.05) is 3.28 Å². The summed E-state index contributed by atoms with van der Waals surface area (Å²) in [5, 5.41) is 0. The minimum absolute atomic E-state index is 0.143. The van der Waals surface area contributed by atoms with Crippen molar-refractivity contribution in [3.05, 3.63) is 80.2 Å². The van der Waals surface area contributed by atoms with E-state index < -0.39 is 20.4 Å². The van der Waals surface area contributed by atoms with Crippen molar-refractivity contribution in [2.75, 3.05) is 0 Å². The van der Waals surface area contributed by atoms with Crippen LogP contribution in [0.4, 0.5) is 0 Å². The van der Waals surface area contributed by atoms with Gasteiger partial charge in [0.1, 0.15) is 0 Å². The summed E-state index contributed by atoms with van der Waals surface area (Å²) < 4.78 is 2.64. The number of rotatable bonds is 2. The van der Waals surface area contributed by atoms with E-state index in [1.54, 1.807) is 34.3 Å². The normalized spacial score (nSPS) is 18.0. The van der Waals surface area contributed by atoms with Crippen molar-refractivity contribution in [2.24, 2.45) is 0 Å². The van der Waals surface area contributed by atoms with Crippen molar-refractivity contribution < 1.29 is 20.4 Å². The summed E-state index contributed by atoms with van der Waals surface area (Å²) in [4.78, 5) is 0. The van der Waals surface area contributed by atoms with Crippen LogP contribution in [0.1, 0.15) is 80.3 Å². The SMILES string of the molecule is CC(C)(C)c1ccc2c(c1)[CH]([Zr]([C]1=CC=CC1)=[Si]1CCC1)c1cc(C(C)(C)C)ccc1-2. The van der Waals surface area contributed by atoms with E-state index in [0.29, 0.717) is 0 Å². The van der Waals surface area contributed by atoms with Crippen LogP contribution in [-0.2, 0) is 31.2 Å². The molecule has 2 aromatic rings. The zero-order valence-corrected chi connectivity index (χ0v) is 23.6. The van der Waals surface area contributed by atoms with E-state index in [-0.39, 0.29) is 16.3 Å². The molecule has 3 aliphatic rings. The van der Waals surface area contributed by atoms with Crippen LogP contribution in [-0.4, -0.2) is 5.43 Å². The molecule has 0 nitrogen and oxygen atoms in total. The third kappa shape index (κ3) is 3.87. The first kappa shape index (κ1) is 21.8. The third-order valence-corrected chi connectivity index (χ3v) is 28.6. The van der Waals surface area contributed by atoms with Gasteiger partial charge in [-0.25, -0.2) is 0 Å². The molecule has 0 radical (unpaired) electrons. The predicted octanol–water partition coefficient (Wildman–Crippen LogP) is 8.21. The fourth-order valence-electron chi connectivity index (χ4n) is 5.39. The molecule has 2 heteroatoms. The molecule has 2 aliphatic carbocycles. The van der Waals surface area contributed by atoms with Gasteiger partial charge in [-0.05, 0) is 0 Å². The number of benzene rings is 2. The molecule has 0 unspecified atom stereocenters. The first-order chi connectivity index (χ1) is 14.6. The Morgan fingerprint density at radius 3 is 1.74 bits per heavy atom. The van der Waals surface area contributed by atoms with Gasteiger partial charge in [0.2, 0.25) is 0 Å². The fraction of sp³-hybridized carbons (Fsp3) is 0.448. The molecule has 0 saturated carbocycles. The second-order valence-corrected chi connectivity index (χ2v) is 27.4. The molecule has 0 bridgehead atoms. The summed E-state index contributed by atoms with van der Waals surface area (Å²) in [6.07, 6.45) is 10.1. The van der Waals surface area contributed by atoms with E-state index in [2.05, 4.69) is 96.2 Å². The molecule has 160 valence electrons. The summed E-state index contributed by atoms with van der Waals surface area (Å²) in [5.41, 5.74) is 9.75. The topological polar surface area (TPSA) is 0 Å². The first-order valence-electron chi connectivity index (χ1n) is 12.0. The van der Waals surface area contributed by atoms with Crippen LogP contribution in [0.25, 0.3) is 11.1 Å². The molecule has 0 amide bonds.